The zero-order valence-electron chi connectivity index (χ0n) is 14.4. The number of rotatable bonds is 7. The van der Waals surface area contributed by atoms with Crippen LogP contribution < -0.4 is 0 Å². The predicted molar refractivity (Wildman–Crippen MR) is 88.8 cm³/mol. The van der Waals surface area contributed by atoms with Gasteiger partial charge < -0.3 is 19.2 Å². The van der Waals surface area contributed by atoms with Crippen LogP contribution in [0.15, 0.2) is 30.3 Å². The second-order valence-corrected chi connectivity index (χ2v) is 6.73. The van der Waals surface area contributed by atoms with E-state index in [1.54, 1.807) is 0 Å². The van der Waals surface area contributed by atoms with Gasteiger partial charge in [0.25, 0.3) is 0 Å². The molecule has 0 heterocycles. The van der Waals surface area contributed by atoms with Crippen LogP contribution in [-0.4, -0.2) is 80.2 Å². The molecule has 0 aromatic heterocycles. The van der Waals surface area contributed by atoms with Crippen LogP contribution in [0.4, 0.5) is 0 Å². The first-order valence-corrected chi connectivity index (χ1v) is 7.66. The quantitative estimate of drug-likeness (QED) is 0.746. The molecule has 0 saturated heterocycles. The standard InChI is InChI=1S/C11H18NO.C6H16NO/c1-12(2,8-9-13)10-11-6-4-3-5-7-11;1-4-7(2,3)5-6-8/h3-7,13H,8-10H2,1-2H3;8H,4-6H2,1-3H3/q2*+1. The maximum Gasteiger partial charge on any atom is 0.104 e. The first-order valence-electron chi connectivity index (χ1n) is 7.66. The van der Waals surface area contributed by atoms with Gasteiger partial charge in [-0.2, -0.15) is 0 Å². The Morgan fingerprint density at radius 2 is 1.29 bits per heavy atom. The minimum atomic E-state index is 0.250. The van der Waals surface area contributed by atoms with Crippen molar-refractivity contribution in [1.29, 1.82) is 0 Å². The molecule has 0 aliphatic carbocycles. The summed E-state index contributed by atoms with van der Waals surface area (Å²) in [5.41, 5.74) is 1.32. The van der Waals surface area contributed by atoms with E-state index in [0.717, 1.165) is 35.1 Å². The van der Waals surface area contributed by atoms with Crippen molar-refractivity contribution in [1.82, 2.24) is 0 Å². The van der Waals surface area contributed by atoms with E-state index >= 15 is 0 Å². The average Bonchev–Trinajstić information content (AvgIpc) is 2.40. The first-order chi connectivity index (χ1) is 9.76. The number of quaternary nitrogens is 2. The molecular weight excluding hydrogens is 264 g/mol. The molecule has 0 atom stereocenters. The molecule has 0 unspecified atom stereocenters. The molecule has 21 heavy (non-hydrogen) atoms. The van der Waals surface area contributed by atoms with Gasteiger partial charge in [-0.3, -0.25) is 0 Å². The minimum Gasteiger partial charge on any atom is -0.391 e. The highest BCUT2D eigenvalue weighted by Crippen LogP contribution is 2.07. The third-order valence-corrected chi connectivity index (χ3v) is 3.72. The van der Waals surface area contributed by atoms with Crippen LogP contribution in [0.3, 0.4) is 0 Å². The molecule has 2 N–H and O–H groups in total. The van der Waals surface area contributed by atoms with E-state index in [0.29, 0.717) is 6.61 Å². The minimum absolute atomic E-state index is 0.250. The van der Waals surface area contributed by atoms with Crippen molar-refractivity contribution in [2.75, 3.05) is 61.0 Å². The molecule has 4 heteroatoms. The van der Waals surface area contributed by atoms with Gasteiger partial charge in [-0.05, 0) is 6.92 Å². The highest BCUT2D eigenvalue weighted by atomic mass is 16.3. The van der Waals surface area contributed by atoms with Gasteiger partial charge in [-0.25, -0.2) is 0 Å². The number of aliphatic hydroxyl groups excluding tert-OH is 2. The van der Waals surface area contributed by atoms with Crippen LogP contribution in [-0.2, 0) is 6.54 Å². The molecule has 122 valence electrons. The Bertz CT molecular complexity index is 364. The molecule has 0 spiro atoms. The van der Waals surface area contributed by atoms with Crippen LogP contribution in [0.2, 0.25) is 0 Å². The zero-order chi connectivity index (χ0) is 16.4. The predicted octanol–water partition coefficient (Wildman–Crippen LogP) is 1.33. The summed E-state index contributed by atoms with van der Waals surface area (Å²) in [4.78, 5) is 0. The Morgan fingerprint density at radius 3 is 1.67 bits per heavy atom. The summed E-state index contributed by atoms with van der Waals surface area (Å²) < 4.78 is 1.75. The lowest BCUT2D eigenvalue weighted by Gasteiger charge is -2.28. The lowest BCUT2D eigenvalue weighted by molar-refractivity contribution is -0.903. The van der Waals surface area contributed by atoms with Crippen LogP contribution >= 0.6 is 0 Å². The molecule has 0 saturated carbocycles. The molecular formula is C17H34N2O2+2. The third kappa shape index (κ3) is 10.4. The summed E-state index contributed by atoms with van der Waals surface area (Å²) >= 11 is 0. The van der Waals surface area contributed by atoms with Crippen LogP contribution in [0.1, 0.15) is 12.5 Å². The molecule has 4 nitrogen and oxygen atoms in total. The number of likely N-dealkylation sites (N-methyl/N-ethyl adjacent to an activating group) is 2. The van der Waals surface area contributed by atoms with Crippen LogP contribution in [0.25, 0.3) is 0 Å². The Balaban J connectivity index is 0.000000433. The maximum absolute atomic E-state index is 8.86. The average molecular weight is 298 g/mol. The number of nitrogens with zero attached hydrogens (tertiary/aromatic N) is 2. The fraction of sp³-hybridized carbons (Fsp3) is 0.647. The van der Waals surface area contributed by atoms with Crippen LogP contribution in [0, 0.1) is 0 Å². The summed E-state index contributed by atoms with van der Waals surface area (Å²) in [6, 6.07) is 10.4. The van der Waals surface area contributed by atoms with Crippen molar-refractivity contribution < 1.29 is 19.2 Å². The lowest BCUT2D eigenvalue weighted by atomic mass is 10.2. The Kier molecular flexibility index (Phi) is 9.46. The van der Waals surface area contributed by atoms with Gasteiger partial charge in [0.05, 0.1) is 47.9 Å². The molecule has 0 fully saturated rings. The first kappa shape index (κ1) is 20.1. The lowest BCUT2D eigenvalue weighted by Crippen LogP contribution is -2.41. The van der Waals surface area contributed by atoms with E-state index in [1.807, 2.05) is 18.2 Å². The Labute approximate surface area is 130 Å². The molecule has 1 aromatic carbocycles. The van der Waals surface area contributed by atoms with E-state index in [9.17, 15) is 0 Å². The van der Waals surface area contributed by atoms with Gasteiger partial charge in [0.2, 0.25) is 0 Å². The smallest absolute Gasteiger partial charge is 0.104 e. The Hall–Kier alpha value is -0.940. The number of aliphatic hydroxyl groups is 2. The van der Waals surface area contributed by atoms with E-state index in [2.05, 4.69) is 47.2 Å². The zero-order valence-corrected chi connectivity index (χ0v) is 14.4. The van der Waals surface area contributed by atoms with Gasteiger partial charge in [-0.15, -0.1) is 0 Å². The van der Waals surface area contributed by atoms with Crippen molar-refractivity contribution >= 4 is 0 Å². The normalized spacial score (nSPS) is 11.8. The topological polar surface area (TPSA) is 40.5 Å². The summed E-state index contributed by atoms with van der Waals surface area (Å²) in [6.07, 6.45) is 0. The molecule has 0 radical (unpaired) electrons. The number of hydrogen-bond acceptors (Lipinski definition) is 2. The molecule has 0 amide bonds. The summed E-state index contributed by atoms with van der Waals surface area (Å²) in [5.74, 6) is 0. The molecule has 1 aromatic rings. The number of hydrogen-bond donors (Lipinski definition) is 2. The van der Waals surface area contributed by atoms with E-state index in [4.69, 9.17) is 10.2 Å². The third-order valence-electron chi connectivity index (χ3n) is 3.72. The van der Waals surface area contributed by atoms with Crippen molar-refractivity contribution in [2.45, 2.75) is 13.5 Å². The van der Waals surface area contributed by atoms with Gasteiger partial charge in [-0.1, -0.05) is 30.3 Å². The van der Waals surface area contributed by atoms with Crippen molar-refractivity contribution in [2.24, 2.45) is 0 Å². The SMILES string of the molecule is CC[N+](C)(C)CCO.C[N+](C)(CCO)Cc1ccccc1. The van der Waals surface area contributed by atoms with E-state index in [-0.39, 0.29) is 6.61 Å². The number of benzene rings is 1. The van der Waals surface area contributed by atoms with E-state index in [1.165, 1.54) is 5.56 Å². The second-order valence-electron chi connectivity index (χ2n) is 6.73. The van der Waals surface area contributed by atoms with Gasteiger partial charge in [0.15, 0.2) is 0 Å². The highest BCUT2D eigenvalue weighted by molar-refractivity contribution is 5.13. The Morgan fingerprint density at radius 1 is 0.810 bits per heavy atom. The highest BCUT2D eigenvalue weighted by Gasteiger charge is 2.14. The fourth-order valence-corrected chi connectivity index (χ4v) is 1.86. The van der Waals surface area contributed by atoms with E-state index < -0.39 is 0 Å². The van der Waals surface area contributed by atoms with Crippen molar-refractivity contribution in [3.63, 3.8) is 0 Å². The summed E-state index contributed by atoms with van der Waals surface area (Å²) in [5, 5.41) is 17.4. The molecule has 0 aliphatic rings. The second kappa shape index (κ2) is 9.90. The maximum atomic E-state index is 8.86. The summed E-state index contributed by atoms with van der Waals surface area (Å²) in [6.45, 7) is 6.38. The molecule has 1 rings (SSSR count). The molecule has 0 bridgehead atoms. The monoisotopic (exact) mass is 298 g/mol. The fourth-order valence-electron chi connectivity index (χ4n) is 1.86. The van der Waals surface area contributed by atoms with Crippen LogP contribution in [0.5, 0.6) is 0 Å². The van der Waals surface area contributed by atoms with Gasteiger partial charge in [0, 0.05) is 5.56 Å². The largest absolute Gasteiger partial charge is 0.391 e. The summed E-state index contributed by atoms with van der Waals surface area (Å²) in [7, 11) is 8.47. The van der Waals surface area contributed by atoms with Gasteiger partial charge in [0.1, 0.15) is 19.6 Å². The van der Waals surface area contributed by atoms with Gasteiger partial charge >= 0.3 is 0 Å². The van der Waals surface area contributed by atoms with Crippen molar-refractivity contribution in [3.05, 3.63) is 35.9 Å². The molecule has 0 aliphatic heterocycles. The van der Waals surface area contributed by atoms with Crippen molar-refractivity contribution in [3.8, 4) is 0 Å².